The molecular weight excluding hydrogens is 416 g/mol. The second kappa shape index (κ2) is 5.86. The molecule has 17 heavy (non-hydrogen) atoms. The van der Waals surface area contributed by atoms with E-state index in [-0.39, 0.29) is 12.0 Å². The average molecular weight is 421 g/mol. The molecule has 0 bridgehead atoms. The molecule has 0 aromatic carbocycles. The Morgan fingerprint density at radius 2 is 2.18 bits per heavy atom. The highest BCUT2D eigenvalue weighted by Crippen LogP contribution is 2.29. The number of rotatable bonds is 3. The highest BCUT2D eigenvalue weighted by atomic mass is 127. The van der Waals surface area contributed by atoms with Gasteiger partial charge in [0.15, 0.2) is 0 Å². The molecule has 0 amide bonds. The maximum absolute atomic E-state index is 12.2. The third-order valence-corrected chi connectivity index (χ3v) is 3.23. The van der Waals surface area contributed by atoms with Gasteiger partial charge in [-0.15, -0.1) is 13.2 Å². The predicted molar refractivity (Wildman–Crippen MR) is 65.6 cm³/mol. The lowest BCUT2D eigenvalue weighted by atomic mass is 10.2. The Kier molecular flexibility index (Phi) is 5.00. The standard InChI is InChI=1S/C9H5BrF3IN2O/c10-4-5-3-7(14)6(1-2-15)8(16-5)17-9(11,12)13/h3H,1,4H2. The summed E-state index contributed by atoms with van der Waals surface area (Å²) in [5, 5.41) is 8.88. The molecule has 0 spiro atoms. The quantitative estimate of drug-likeness (QED) is 0.555. The largest absolute Gasteiger partial charge is 0.574 e. The summed E-state index contributed by atoms with van der Waals surface area (Å²) >= 11 is 4.95. The van der Waals surface area contributed by atoms with Crippen LogP contribution in [0.25, 0.3) is 0 Å². The minimum Gasteiger partial charge on any atom is -0.387 e. The van der Waals surface area contributed by atoms with Gasteiger partial charge in [-0.25, -0.2) is 4.98 Å². The Labute approximate surface area is 117 Å². The molecule has 0 aliphatic heterocycles. The Morgan fingerprint density at radius 3 is 2.65 bits per heavy atom. The van der Waals surface area contributed by atoms with Crippen molar-refractivity contribution in [3.05, 3.63) is 20.9 Å². The second-order valence-electron chi connectivity index (χ2n) is 2.90. The van der Waals surface area contributed by atoms with E-state index in [4.69, 9.17) is 5.26 Å². The summed E-state index contributed by atoms with van der Waals surface area (Å²) in [6, 6.07) is 3.39. The van der Waals surface area contributed by atoms with Crippen molar-refractivity contribution in [1.29, 1.82) is 5.26 Å². The summed E-state index contributed by atoms with van der Waals surface area (Å²) in [6.45, 7) is 0. The number of nitriles is 1. The number of aromatic nitrogens is 1. The first-order valence-electron chi connectivity index (χ1n) is 4.24. The lowest BCUT2D eigenvalue weighted by Gasteiger charge is -2.13. The molecular formula is C9H5BrF3IN2O. The van der Waals surface area contributed by atoms with Crippen LogP contribution in [0.4, 0.5) is 13.2 Å². The fraction of sp³-hybridized carbons (Fsp3) is 0.333. The molecule has 92 valence electrons. The van der Waals surface area contributed by atoms with Gasteiger partial charge in [0.1, 0.15) is 0 Å². The van der Waals surface area contributed by atoms with E-state index in [1.165, 1.54) is 0 Å². The smallest absolute Gasteiger partial charge is 0.387 e. The van der Waals surface area contributed by atoms with Gasteiger partial charge >= 0.3 is 6.36 Å². The van der Waals surface area contributed by atoms with Gasteiger partial charge in [0.25, 0.3) is 0 Å². The van der Waals surface area contributed by atoms with Gasteiger partial charge in [0.2, 0.25) is 5.88 Å². The van der Waals surface area contributed by atoms with Crippen LogP contribution in [-0.4, -0.2) is 11.3 Å². The lowest BCUT2D eigenvalue weighted by molar-refractivity contribution is -0.276. The molecule has 3 nitrogen and oxygen atoms in total. The molecule has 0 atom stereocenters. The van der Waals surface area contributed by atoms with Crippen molar-refractivity contribution in [2.45, 2.75) is 18.1 Å². The van der Waals surface area contributed by atoms with Crippen LogP contribution in [0.1, 0.15) is 11.3 Å². The first-order chi connectivity index (χ1) is 7.87. The molecule has 1 aromatic heterocycles. The van der Waals surface area contributed by atoms with Gasteiger partial charge in [-0.1, -0.05) is 15.9 Å². The number of alkyl halides is 4. The van der Waals surface area contributed by atoms with Gasteiger partial charge in [-0.05, 0) is 28.7 Å². The molecule has 0 saturated heterocycles. The van der Waals surface area contributed by atoms with Crippen molar-refractivity contribution >= 4 is 38.5 Å². The van der Waals surface area contributed by atoms with E-state index < -0.39 is 12.2 Å². The van der Waals surface area contributed by atoms with Gasteiger partial charge in [0.05, 0.1) is 18.2 Å². The lowest BCUT2D eigenvalue weighted by Crippen LogP contribution is -2.19. The molecule has 0 radical (unpaired) electrons. The van der Waals surface area contributed by atoms with Crippen LogP contribution < -0.4 is 4.74 Å². The normalized spacial score (nSPS) is 11.1. The maximum atomic E-state index is 12.2. The van der Waals surface area contributed by atoms with E-state index in [2.05, 4.69) is 25.7 Å². The van der Waals surface area contributed by atoms with Crippen LogP contribution in [0.5, 0.6) is 5.88 Å². The van der Waals surface area contributed by atoms with E-state index in [1.54, 1.807) is 12.1 Å². The predicted octanol–water partition coefficient (Wildman–Crippen LogP) is 3.55. The van der Waals surface area contributed by atoms with Crippen LogP contribution in [0.15, 0.2) is 6.07 Å². The van der Waals surface area contributed by atoms with E-state index in [0.717, 1.165) is 0 Å². The molecule has 8 heteroatoms. The zero-order valence-corrected chi connectivity index (χ0v) is 11.9. The second-order valence-corrected chi connectivity index (χ2v) is 4.62. The van der Waals surface area contributed by atoms with Crippen molar-refractivity contribution in [2.24, 2.45) is 0 Å². The van der Waals surface area contributed by atoms with Crippen molar-refractivity contribution < 1.29 is 17.9 Å². The topological polar surface area (TPSA) is 45.9 Å². The Morgan fingerprint density at radius 1 is 1.53 bits per heavy atom. The van der Waals surface area contributed by atoms with Crippen LogP contribution >= 0.6 is 38.5 Å². The minimum absolute atomic E-state index is 0.148. The van der Waals surface area contributed by atoms with Crippen LogP contribution in [0.3, 0.4) is 0 Å². The molecule has 1 rings (SSSR count). The summed E-state index contributed by atoms with van der Waals surface area (Å²) in [6.07, 6.45) is -5.00. The first-order valence-corrected chi connectivity index (χ1v) is 6.44. The minimum atomic E-state index is -4.81. The highest BCUT2D eigenvalue weighted by molar-refractivity contribution is 14.1. The Hall–Kier alpha value is -0.560. The van der Waals surface area contributed by atoms with Gasteiger partial charge in [-0.2, -0.15) is 5.26 Å². The fourth-order valence-corrected chi connectivity index (χ4v) is 2.14. The Bertz CT molecular complexity index is 459. The van der Waals surface area contributed by atoms with E-state index in [9.17, 15) is 13.2 Å². The highest BCUT2D eigenvalue weighted by Gasteiger charge is 2.33. The number of hydrogen-bond acceptors (Lipinski definition) is 3. The summed E-state index contributed by atoms with van der Waals surface area (Å²) in [4.78, 5) is 3.71. The molecule has 0 saturated carbocycles. The molecule has 0 aliphatic carbocycles. The SMILES string of the molecule is N#CCc1c(I)cc(CBr)nc1OC(F)(F)F. The van der Waals surface area contributed by atoms with Crippen molar-refractivity contribution in [2.75, 3.05) is 0 Å². The molecule has 0 unspecified atom stereocenters. The van der Waals surface area contributed by atoms with E-state index in [1.807, 2.05) is 22.6 Å². The van der Waals surface area contributed by atoms with Crippen LogP contribution in [-0.2, 0) is 11.8 Å². The number of halogens is 5. The zero-order chi connectivity index (χ0) is 13.1. The molecule has 0 fully saturated rings. The first kappa shape index (κ1) is 14.5. The van der Waals surface area contributed by atoms with Crippen LogP contribution in [0.2, 0.25) is 0 Å². The van der Waals surface area contributed by atoms with Crippen molar-refractivity contribution in [1.82, 2.24) is 4.98 Å². The van der Waals surface area contributed by atoms with Crippen molar-refractivity contribution in [3.63, 3.8) is 0 Å². The zero-order valence-electron chi connectivity index (χ0n) is 8.18. The summed E-state index contributed by atoms with van der Waals surface area (Å²) in [5.41, 5.74) is 0.561. The number of ether oxygens (including phenoxy) is 1. The molecule has 1 heterocycles. The number of nitrogens with zero attached hydrogens (tertiary/aromatic N) is 2. The fourth-order valence-electron chi connectivity index (χ4n) is 1.07. The summed E-state index contributed by atoms with van der Waals surface area (Å²) in [5.74, 6) is -0.555. The van der Waals surface area contributed by atoms with E-state index in [0.29, 0.717) is 14.6 Å². The molecule has 0 N–H and O–H groups in total. The third-order valence-electron chi connectivity index (χ3n) is 1.69. The maximum Gasteiger partial charge on any atom is 0.574 e. The third kappa shape index (κ3) is 4.31. The molecule has 1 aromatic rings. The van der Waals surface area contributed by atoms with E-state index >= 15 is 0 Å². The Balaban J connectivity index is 3.23. The van der Waals surface area contributed by atoms with Crippen LogP contribution in [0, 0.1) is 14.9 Å². The summed E-state index contributed by atoms with van der Waals surface area (Å²) < 4.78 is 40.9. The monoisotopic (exact) mass is 420 g/mol. The summed E-state index contributed by atoms with van der Waals surface area (Å²) in [7, 11) is 0. The van der Waals surface area contributed by atoms with Crippen molar-refractivity contribution in [3.8, 4) is 11.9 Å². The molecule has 0 aliphatic rings. The van der Waals surface area contributed by atoms with Gasteiger partial charge in [-0.3, -0.25) is 0 Å². The average Bonchev–Trinajstić information content (AvgIpc) is 2.20. The van der Waals surface area contributed by atoms with Gasteiger partial charge in [0, 0.05) is 14.5 Å². The van der Waals surface area contributed by atoms with Gasteiger partial charge < -0.3 is 4.74 Å². The number of hydrogen-bond donors (Lipinski definition) is 0. The number of pyridine rings is 1.